The van der Waals surface area contributed by atoms with Crippen LogP contribution >= 0.6 is 11.8 Å². The van der Waals surface area contributed by atoms with Crippen molar-refractivity contribution in [2.45, 2.75) is 69.3 Å². The summed E-state index contributed by atoms with van der Waals surface area (Å²) in [6, 6.07) is 0. The number of hydrogen-bond acceptors (Lipinski definition) is 3. The molecule has 3 nitrogen and oxygen atoms in total. The lowest BCUT2D eigenvalue weighted by atomic mass is 10.0. The Kier molecular flexibility index (Phi) is 3.37. The Labute approximate surface area is 120 Å². The summed E-state index contributed by atoms with van der Waals surface area (Å²) in [5.74, 6) is 2.27. The second kappa shape index (κ2) is 4.66. The van der Waals surface area contributed by atoms with Crippen LogP contribution in [0.1, 0.15) is 52.9 Å². The van der Waals surface area contributed by atoms with Gasteiger partial charge in [-0.3, -0.25) is 10.1 Å². The van der Waals surface area contributed by atoms with Gasteiger partial charge in [0.25, 0.3) is 0 Å². The van der Waals surface area contributed by atoms with E-state index in [1.54, 1.807) is 0 Å². The number of rotatable bonds is 4. The summed E-state index contributed by atoms with van der Waals surface area (Å²) in [6.07, 6.45) is 5.99. The van der Waals surface area contributed by atoms with E-state index in [0.717, 1.165) is 25.8 Å². The molecule has 0 radical (unpaired) electrons. The number of carbonyl (C=O) groups excluding carboxylic acids is 1. The molecule has 1 aliphatic carbocycles. The summed E-state index contributed by atoms with van der Waals surface area (Å²) >= 11 is 2.05. The van der Waals surface area contributed by atoms with Crippen molar-refractivity contribution < 1.29 is 4.79 Å². The largest absolute Gasteiger partial charge is 0.324 e. The fourth-order valence-electron chi connectivity index (χ4n) is 3.49. The van der Waals surface area contributed by atoms with Crippen LogP contribution in [0.4, 0.5) is 0 Å². The monoisotopic (exact) mass is 282 g/mol. The topological polar surface area (TPSA) is 32.3 Å². The third-order valence-corrected chi connectivity index (χ3v) is 6.26. The molecule has 1 spiro atoms. The zero-order valence-corrected chi connectivity index (χ0v) is 13.2. The second-order valence-electron chi connectivity index (χ2n) is 7.21. The van der Waals surface area contributed by atoms with Gasteiger partial charge in [-0.05, 0) is 50.7 Å². The SMILES string of the molecule is CC(C)CC1NC2(CC2)C(=O)N1CC1(C)CCCS1. The minimum absolute atomic E-state index is 0.154. The third kappa shape index (κ3) is 2.54. The minimum atomic E-state index is -0.154. The summed E-state index contributed by atoms with van der Waals surface area (Å²) in [5.41, 5.74) is -0.154. The molecular weight excluding hydrogens is 256 g/mol. The van der Waals surface area contributed by atoms with Gasteiger partial charge in [0.05, 0.1) is 11.7 Å². The molecule has 1 saturated carbocycles. The van der Waals surface area contributed by atoms with Gasteiger partial charge in [-0.15, -0.1) is 0 Å². The Morgan fingerprint density at radius 3 is 2.68 bits per heavy atom. The van der Waals surface area contributed by atoms with Gasteiger partial charge in [0.1, 0.15) is 0 Å². The quantitative estimate of drug-likeness (QED) is 0.860. The summed E-state index contributed by atoms with van der Waals surface area (Å²) < 4.78 is 0.285. The van der Waals surface area contributed by atoms with E-state index < -0.39 is 0 Å². The molecule has 3 aliphatic rings. The summed E-state index contributed by atoms with van der Waals surface area (Å²) in [7, 11) is 0. The highest BCUT2D eigenvalue weighted by atomic mass is 32.2. The van der Waals surface area contributed by atoms with Crippen LogP contribution in [-0.4, -0.2) is 39.6 Å². The number of carbonyl (C=O) groups is 1. The summed E-state index contributed by atoms with van der Waals surface area (Å²) in [5, 5.41) is 3.63. The van der Waals surface area contributed by atoms with Gasteiger partial charge >= 0.3 is 0 Å². The fraction of sp³-hybridized carbons (Fsp3) is 0.933. The highest BCUT2D eigenvalue weighted by molar-refractivity contribution is 8.00. The van der Waals surface area contributed by atoms with Crippen molar-refractivity contribution in [1.29, 1.82) is 0 Å². The van der Waals surface area contributed by atoms with Gasteiger partial charge in [0, 0.05) is 11.3 Å². The lowest BCUT2D eigenvalue weighted by Crippen LogP contribution is -2.45. The van der Waals surface area contributed by atoms with Gasteiger partial charge in [-0.1, -0.05) is 13.8 Å². The molecule has 2 aliphatic heterocycles. The standard InChI is InChI=1S/C15H26N2OS/c1-11(2)9-12-16-15(6-7-15)13(18)17(12)10-14(3)5-4-8-19-14/h11-12,16H,4-10H2,1-3H3. The average Bonchev–Trinajstić information content (AvgIpc) is 2.92. The molecule has 2 atom stereocenters. The molecule has 0 aromatic carbocycles. The fourth-order valence-corrected chi connectivity index (χ4v) is 4.80. The summed E-state index contributed by atoms with van der Waals surface area (Å²) in [4.78, 5) is 14.8. The maximum absolute atomic E-state index is 12.7. The highest BCUT2D eigenvalue weighted by Crippen LogP contribution is 2.45. The predicted molar refractivity (Wildman–Crippen MR) is 80.2 cm³/mol. The Hall–Kier alpha value is -0.220. The molecule has 108 valence electrons. The van der Waals surface area contributed by atoms with E-state index in [-0.39, 0.29) is 16.5 Å². The van der Waals surface area contributed by atoms with Gasteiger partial charge in [-0.25, -0.2) is 0 Å². The van der Waals surface area contributed by atoms with Gasteiger partial charge in [0.15, 0.2) is 0 Å². The van der Waals surface area contributed by atoms with Crippen LogP contribution in [-0.2, 0) is 4.79 Å². The lowest BCUT2D eigenvalue weighted by molar-refractivity contribution is -0.131. The number of nitrogens with zero attached hydrogens (tertiary/aromatic N) is 1. The molecular formula is C15H26N2OS. The minimum Gasteiger partial charge on any atom is -0.324 e. The first-order valence-corrected chi connectivity index (χ1v) is 8.65. The van der Waals surface area contributed by atoms with E-state index in [2.05, 4.69) is 42.7 Å². The van der Waals surface area contributed by atoms with Crippen LogP contribution in [0.3, 0.4) is 0 Å². The first kappa shape index (κ1) is 13.7. The van der Waals surface area contributed by atoms with Crippen LogP contribution in [0.5, 0.6) is 0 Å². The van der Waals surface area contributed by atoms with Crippen LogP contribution in [0.2, 0.25) is 0 Å². The highest BCUT2D eigenvalue weighted by Gasteiger charge is 2.59. The molecule has 1 amide bonds. The number of hydrogen-bond donors (Lipinski definition) is 1. The van der Waals surface area contributed by atoms with E-state index in [1.165, 1.54) is 18.6 Å². The van der Waals surface area contributed by atoms with Crippen molar-refractivity contribution in [1.82, 2.24) is 10.2 Å². The lowest BCUT2D eigenvalue weighted by Gasteiger charge is -2.33. The van der Waals surface area contributed by atoms with Crippen LogP contribution in [0.25, 0.3) is 0 Å². The number of nitrogens with one attached hydrogen (secondary N) is 1. The Morgan fingerprint density at radius 2 is 2.16 bits per heavy atom. The van der Waals surface area contributed by atoms with Crippen LogP contribution < -0.4 is 5.32 Å². The van der Waals surface area contributed by atoms with Gasteiger partial charge in [0.2, 0.25) is 5.91 Å². The molecule has 3 fully saturated rings. The number of thioether (sulfide) groups is 1. The molecule has 0 aromatic rings. The third-order valence-electron chi connectivity index (χ3n) is 4.74. The maximum atomic E-state index is 12.7. The predicted octanol–water partition coefficient (Wildman–Crippen LogP) is 2.61. The van der Waals surface area contributed by atoms with Crippen LogP contribution in [0.15, 0.2) is 0 Å². The van der Waals surface area contributed by atoms with E-state index >= 15 is 0 Å². The smallest absolute Gasteiger partial charge is 0.244 e. The molecule has 0 aromatic heterocycles. The molecule has 2 heterocycles. The Balaban J connectivity index is 1.74. The second-order valence-corrected chi connectivity index (χ2v) is 8.89. The molecule has 3 rings (SSSR count). The molecule has 4 heteroatoms. The first-order valence-electron chi connectivity index (χ1n) is 7.67. The van der Waals surface area contributed by atoms with E-state index in [0.29, 0.717) is 11.8 Å². The Morgan fingerprint density at radius 1 is 1.42 bits per heavy atom. The van der Waals surface area contributed by atoms with E-state index in [4.69, 9.17) is 0 Å². The normalized spacial score (nSPS) is 36.7. The van der Waals surface area contributed by atoms with Crippen molar-refractivity contribution in [3.8, 4) is 0 Å². The average molecular weight is 282 g/mol. The van der Waals surface area contributed by atoms with E-state index in [1.807, 2.05) is 0 Å². The van der Waals surface area contributed by atoms with Crippen molar-refractivity contribution in [2.24, 2.45) is 5.92 Å². The molecule has 19 heavy (non-hydrogen) atoms. The van der Waals surface area contributed by atoms with Crippen molar-refractivity contribution in [3.05, 3.63) is 0 Å². The van der Waals surface area contributed by atoms with Crippen molar-refractivity contribution >= 4 is 17.7 Å². The zero-order valence-electron chi connectivity index (χ0n) is 12.4. The maximum Gasteiger partial charge on any atom is 0.244 e. The number of amides is 1. The Bertz CT molecular complexity index is 372. The first-order chi connectivity index (χ1) is 8.94. The van der Waals surface area contributed by atoms with Crippen molar-refractivity contribution in [3.63, 3.8) is 0 Å². The molecule has 2 saturated heterocycles. The van der Waals surface area contributed by atoms with Gasteiger partial charge < -0.3 is 4.90 Å². The van der Waals surface area contributed by atoms with Crippen molar-refractivity contribution in [2.75, 3.05) is 12.3 Å². The van der Waals surface area contributed by atoms with Gasteiger partial charge in [-0.2, -0.15) is 11.8 Å². The van der Waals surface area contributed by atoms with E-state index in [9.17, 15) is 4.79 Å². The van der Waals surface area contributed by atoms with Crippen LogP contribution in [0, 0.1) is 5.92 Å². The zero-order chi connectivity index (χ0) is 13.7. The molecule has 0 bridgehead atoms. The summed E-state index contributed by atoms with van der Waals surface area (Å²) in [6.45, 7) is 7.76. The molecule has 1 N–H and O–H groups in total. The molecule has 2 unspecified atom stereocenters.